The predicted octanol–water partition coefficient (Wildman–Crippen LogP) is 2.62. The summed E-state index contributed by atoms with van der Waals surface area (Å²) in [6, 6.07) is 23.1. The van der Waals surface area contributed by atoms with Crippen molar-refractivity contribution < 1.29 is 87.7 Å². The number of carbonyl (C=O) groups is 2. The van der Waals surface area contributed by atoms with Crippen LogP contribution < -0.4 is 20.4 Å². The van der Waals surface area contributed by atoms with E-state index in [-0.39, 0.29) is 40.1 Å². The van der Waals surface area contributed by atoms with Crippen LogP contribution in [0.3, 0.4) is 0 Å². The average Bonchev–Trinajstić information content (AvgIpc) is 2.15. The number of aliphatic hydroxyl groups is 12. The zero-order valence-electron chi connectivity index (χ0n) is 49.0. The van der Waals surface area contributed by atoms with E-state index in [1.807, 2.05) is 65.7 Å². The second kappa shape index (κ2) is 30.7. The van der Waals surface area contributed by atoms with E-state index in [0.29, 0.717) is 47.9 Å². The molecule has 14 atom stereocenters. The third kappa shape index (κ3) is 16.3. The maximum atomic E-state index is 13.8. The van der Waals surface area contributed by atoms with E-state index < -0.39 is 128 Å². The highest BCUT2D eigenvalue weighted by atomic mass is 32.2. The normalized spacial score (nSPS) is 24.2. The minimum absolute atomic E-state index is 0. The molecule has 0 saturated heterocycles. The number of rotatable bonds is 24. The Hall–Kier alpha value is -5.16. The van der Waals surface area contributed by atoms with Gasteiger partial charge in [0.1, 0.15) is 36.6 Å². The zero-order chi connectivity index (χ0) is 62.8. The molecule has 14 N–H and O–H groups in total. The van der Waals surface area contributed by atoms with Gasteiger partial charge in [-0.25, -0.2) is 16.8 Å². The Morgan fingerprint density at radius 3 is 1.18 bits per heavy atom. The maximum absolute atomic E-state index is 13.8. The fourth-order valence-corrected chi connectivity index (χ4v) is 15.9. The van der Waals surface area contributed by atoms with Gasteiger partial charge in [-0.3, -0.25) is 9.59 Å². The summed E-state index contributed by atoms with van der Waals surface area (Å²) >= 11 is 0. The molecule has 4 aromatic carbocycles. The van der Waals surface area contributed by atoms with Crippen LogP contribution in [-0.2, 0) is 29.3 Å². The van der Waals surface area contributed by atoms with E-state index in [1.54, 1.807) is 72.8 Å². The minimum atomic E-state index is -3.78. The zero-order valence-corrected chi connectivity index (χ0v) is 50.7. The van der Waals surface area contributed by atoms with Gasteiger partial charge in [-0.1, -0.05) is 85.1 Å². The summed E-state index contributed by atoms with van der Waals surface area (Å²) in [5.74, 6) is -4.11. The van der Waals surface area contributed by atoms with Crippen LogP contribution in [0.15, 0.2) is 94.7 Å². The standard InChI is InChI=1S/2C30H44N2O9S.CH4/c2*1-5-7-13-30(6-2)17-42(40,41)23-12-11-20(32(3)4)15-21(23)24(28(30)38)18-9-8-10-19(14-18)31-29(39)27(37)26(36)25(35)22(34)16-33;/h2*8-12,14-15,22,24-28,33-38H,5-7,13,16-17H2,1-4H3,(H,31,39);1H4/t22-,24+,25-,26+,27-,28+,30+;22-,24-,25-,26+,27-,28-,30-;/m11./s1. The Kier molecular flexibility index (Phi) is 26.1. The lowest BCUT2D eigenvalue weighted by Crippen LogP contribution is -2.50. The van der Waals surface area contributed by atoms with E-state index >= 15 is 0 Å². The van der Waals surface area contributed by atoms with Crippen molar-refractivity contribution >= 4 is 54.2 Å². The number of nitrogens with one attached hydrogen (secondary N) is 2. The van der Waals surface area contributed by atoms with Gasteiger partial charge in [-0.2, -0.15) is 0 Å². The second-order valence-electron chi connectivity index (χ2n) is 22.8. The van der Waals surface area contributed by atoms with E-state index in [9.17, 15) is 77.5 Å². The number of aliphatic hydroxyl groups excluding tert-OH is 12. The van der Waals surface area contributed by atoms with Crippen molar-refractivity contribution in [2.24, 2.45) is 10.8 Å². The fraction of sp³-hybridized carbons (Fsp3) is 0.574. The summed E-state index contributed by atoms with van der Waals surface area (Å²) in [5.41, 5.74) is 2.00. The smallest absolute Gasteiger partial charge is 0.256 e. The molecule has 0 aliphatic carbocycles. The molecule has 0 radical (unpaired) electrons. The number of amides is 2. The maximum Gasteiger partial charge on any atom is 0.256 e. The Bertz CT molecular complexity index is 2880. The molecule has 4 aromatic rings. The number of nitrogens with zero attached hydrogens (tertiary/aromatic N) is 2. The third-order valence-electron chi connectivity index (χ3n) is 16.7. The first-order valence-electron chi connectivity index (χ1n) is 28.4. The molecule has 476 valence electrons. The second-order valence-corrected chi connectivity index (χ2v) is 26.7. The number of hydrogen-bond donors (Lipinski definition) is 14. The van der Waals surface area contributed by atoms with Crippen LogP contribution in [0.5, 0.6) is 0 Å². The van der Waals surface area contributed by atoms with Gasteiger partial charge in [0, 0.05) is 73.6 Å². The van der Waals surface area contributed by atoms with Gasteiger partial charge in [0.15, 0.2) is 31.9 Å². The van der Waals surface area contributed by atoms with Gasteiger partial charge in [-0.05, 0) is 109 Å². The Labute approximate surface area is 500 Å². The summed E-state index contributed by atoms with van der Waals surface area (Å²) in [7, 11) is -0.224. The van der Waals surface area contributed by atoms with Gasteiger partial charge >= 0.3 is 0 Å². The molecule has 85 heavy (non-hydrogen) atoms. The van der Waals surface area contributed by atoms with Crippen molar-refractivity contribution in [3.63, 3.8) is 0 Å². The highest BCUT2D eigenvalue weighted by molar-refractivity contribution is 7.91. The molecule has 0 unspecified atom stereocenters. The summed E-state index contributed by atoms with van der Waals surface area (Å²) in [6.07, 6.45) is -13.1. The quantitative estimate of drug-likeness (QED) is 0.0479. The molecule has 0 fully saturated rings. The molecule has 0 bridgehead atoms. The minimum Gasteiger partial charge on any atom is -0.394 e. The number of unbranched alkanes of at least 4 members (excludes halogenated alkanes) is 2. The van der Waals surface area contributed by atoms with Crippen LogP contribution in [0.4, 0.5) is 22.7 Å². The van der Waals surface area contributed by atoms with Crippen molar-refractivity contribution in [3.8, 4) is 0 Å². The number of carbonyl (C=O) groups excluding carboxylic acids is 2. The molecule has 2 heterocycles. The molecule has 22 nitrogen and oxygen atoms in total. The topological polar surface area (TPSA) is 376 Å². The fourth-order valence-electron chi connectivity index (χ4n) is 11.4. The summed E-state index contributed by atoms with van der Waals surface area (Å²) in [6.45, 7) is 6.02. The molecule has 6 rings (SSSR count). The van der Waals surface area contributed by atoms with E-state index in [4.69, 9.17) is 10.2 Å². The molecule has 0 aromatic heterocycles. The molecular formula is C61H92N4O18S2. The lowest BCUT2D eigenvalue weighted by atomic mass is 9.69. The van der Waals surface area contributed by atoms with Crippen molar-refractivity contribution in [1.82, 2.24) is 0 Å². The molecular weight excluding hydrogens is 1140 g/mol. The Morgan fingerprint density at radius 2 is 0.882 bits per heavy atom. The molecule has 2 aliphatic rings. The third-order valence-corrected chi connectivity index (χ3v) is 20.7. The number of anilines is 4. The van der Waals surface area contributed by atoms with Gasteiger partial charge in [-0.15, -0.1) is 0 Å². The largest absolute Gasteiger partial charge is 0.394 e. The van der Waals surface area contributed by atoms with E-state index in [1.165, 1.54) is 12.1 Å². The monoisotopic (exact) mass is 1230 g/mol. The van der Waals surface area contributed by atoms with Crippen LogP contribution in [0, 0.1) is 10.8 Å². The van der Waals surface area contributed by atoms with E-state index in [0.717, 1.165) is 37.1 Å². The molecule has 2 amide bonds. The van der Waals surface area contributed by atoms with Crippen molar-refractivity contribution in [2.75, 3.05) is 73.3 Å². The Morgan fingerprint density at radius 1 is 0.541 bits per heavy atom. The summed E-state index contributed by atoms with van der Waals surface area (Å²) < 4.78 is 55.3. The summed E-state index contributed by atoms with van der Waals surface area (Å²) in [4.78, 5) is 29.5. The van der Waals surface area contributed by atoms with Crippen LogP contribution in [0.2, 0.25) is 0 Å². The first kappa shape index (κ1) is 72.3. The number of fused-ring (bicyclic) bond motifs is 2. The molecule has 24 heteroatoms. The van der Waals surface area contributed by atoms with Gasteiger partial charge in [0.2, 0.25) is 0 Å². The average molecular weight is 1230 g/mol. The first-order valence-corrected chi connectivity index (χ1v) is 31.7. The molecule has 0 saturated carbocycles. The molecule has 0 spiro atoms. The van der Waals surface area contributed by atoms with Crippen LogP contribution in [0.1, 0.15) is 121 Å². The number of hydrogen-bond acceptors (Lipinski definition) is 20. The number of sulfone groups is 2. The van der Waals surface area contributed by atoms with E-state index in [2.05, 4.69) is 10.6 Å². The van der Waals surface area contributed by atoms with Crippen molar-refractivity contribution in [1.29, 1.82) is 0 Å². The highest BCUT2D eigenvalue weighted by Gasteiger charge is 2.51. The van der Waals surface area contributed by atoms with Gasteiger partial charge < -0.3 is 81.7 Å². The Balaban J connectivity index is 0.000000360. The van der Waals surface area contributed by atoms with Crippen LogP contribution in [-0.4, -0.2) is 204 Å². The van der Waals surface area contributed by atoms with Gasteiger partial charge in [0.05, 0.1) is 46.7 Å². The lowest BCUT2D eigenvalue weighted by Gasteiger charge is -2.39. The van der Waals surface area contributed by atoms with Gasteiger partial charge in [0.25, 0.3) is 11.8 Å². The van der Waals surface area contributed by atoms with Crippen molar-refractivity contribution in [3.05, 3.63) is 107 Å². The molecule has 2 aliphatic heterocycles. The predicted molar refractivity (Wildman–Crippen MR) is 325 cm³/mol. The van der Waals surface area contributed by atoms with Crippen molar-refractivity contribution in [2.45, 2.75) is 169 Å². The van der Waals surface area contributed by atoms with Crippen LogP contribution >= 0.6 is 0 Å². The summed E-state index contributed by atoms with van der Waals surface area (Å²) in [5, 5.41) is 127. The number of benzene rings is 4. The van der Waals surface area contributed by atoms with Crippen LogP contribution in [0.25, 0.3) is 0 Å². The highest BCUT2D eigenvalue weighted by Crippen LogP contribution is 2.51. The first-order chi connectivity index (χ1) is 39.4. The lowest BCUT2D eigenvalue weighted by molar-refractivity contribution is -0.144. The SMILES string of the molecule is C.CCCC[C@@]1(CC)CS(=O)(=O)c2ccc(N(C)C)cc2[C@H](c2cccc(NC(=O)[C@H](O)[C@@H](O)[C@H](O)[C@H](O)CO)c2)[C@@H]1O.CCCC[C@]1(CC)CS(=O)(=O)c2ccc(N(C)C)cc2[C@@H](c2cccc(NC(=O)[C@H](O)[C@@H](O)[C@H](O)[C@H](O)CO)c2)[C@H]1O.